The number of hydrogen-bond acceptors (Lipinski definition) is 5. The minimum Gasteiger partial charge on any atom is -0.334 e. The van der Waals surface area contributed by atoms with Gasteiger partial charge in [-0.1, -0.05) is 30.3 Å². The van der Waals surface area contributed by atoms with Crippen LogP contribution in [0, 0.1) is 5.92 Å². The number of carbonyl (C=O) groups excluding carboxylic acids is 1. The zero-order chi connectivity index (χ0) is 20.3. The zero-order valence-electron chi connectivity index (χ0n) is 17.0. The Morgan fingerprint density at radius 3 is 2.77 bits per heavy atom. The highest BCUT2D eigenvalue weighted by molar-refractivity contribution is 6.03. The first kappa shape index (κ1) is 19.1. The number of pyridine rings is 1. The minimum atomic E-state index is 0.0370. The van der Waals surface area contributed by atoms with Gasteiger partial charge in [-0.15, -0.1) is 0 Å². The Bertz CT molecular complexity index is 902. The first-order valence-electron chi connectivity index (χ1n) is 10.8. The van der Waals surface area contributed by atoms with Crippen molar-refractivity contribution in [1.82, 2.24) is 25.9 Å². The highest BCUT2D eigenvalue weighted by Crippen LogP contribution is 2.27. The van der Waals surface area contributed by atoms with Crippen LogP contribution in [0.5, 0.6) is 0 Å². The van der Waals surface area contributed by atoms with E-state index in [0.29, 0.717) is 18.5 Å². The van der Waals surface area contributed by atoms with Crippen LogP contribution in [0.4, 0.5) is 4.79 Å². The topological polar surface area (TPSA) is 81.7 Å². The lowest BCUT2D eigenvalue weighted by Crippen LogP contribution is -2.56. The number of carbonyl (C=O) groups is 1. The van der Waals surface area contributed by atoms with Crippen molar-refractivity contribution < 1.29 is 4.79 Å². The van der Waals surface area contributed by atoms with Crippen LogP contribution in [0.2, 0.25) is 0 Å². The van der Waals surface area contributed by atoms with Crippen LogP contribution in [0.3, 0.4) is 0 Å². The van der Waals surface area contributed by atoms with Crippen molar-refractivity contribution in [2.24, 2.45) is 11.0 Å². The third kappa shape index (κ3) is 3.89. The summed E-state index contributed by atoms with van der Waals surface area (Å²) < 4.78 is 0. The van der Waals surface area contributed by atoms with Crippen molar-refractivity contribution in [2.75, 3.05) is 26.2 Å². The third-order valence-electron chi connectivity index (χ3n) is 6.53. The zero-order valence-corrected chi connectivity index (χ0v) is 17.0. The Labute approximate surface area is 177 Å². The van der Waals surface area contributed by atoms with Gasteiger partial charge in [-0.3, -0.25) is 4.98 Å². The molecule has 3 N–H and O–H groups in total. The number of hydrogen-bond donors (Lipinski definition) is 3. The molecule has 3 aliphatic rings. The van der Waals surface area contributed by atoms with Crippen molar-refractivity contribution in [3.05, 3.63) is 66.0 Å². The number of amides is 2. The summed E-state index contributed by atoms with van der Waals surface area (Å²) in [6.45, 7) is 3.22. The van der Waals surface area contributed by atoms with E-state index in [-0.39, 0.29) is 18.0 Å². The second-order valence-electron chi connectivity index (χ2n) is 8.46. The normalized spacial score (nSPS) is 28.3. The predicted octanol–water partition coefficient (Wildman–Crippen LogP) is 1.93. The molecule has 2 fully saturated rings. The van der Waals surface area contributed by atoms with E-state index in [2.05, 4.69) is 50.4 Å². The monoisotopic (exact) mass is 404 g/mol. The number of fused-ring (bicyclic) bond motifs is 1. The first-order valence-corrected chi connectivity index (χ1v) is 10.8. The van der Waals surface area contributed by atoms with Gasteiger partial charge < -0.3 is 21.0 Å². The Morgan fingerprint density at radius 1 is 1.10 bits per heavy atom. The molecular weight excluding hydrogens is 376 g/mol. The number of nitrogens with zero attached hydrogens (tertiary/aromatic N) is 3. The third-order valence-corrected chi connectivity index (χ3v) is 6.53. The standard InChI is InChI=1S/C23H28N6O/c30-23(26-19-12-18(13-25-14-19)16-4-2-1-3-5-16)29-11-8-21-20(15-29)22(28-27-21)17-6-9-24-10-7-17/h1-7,9-10,18-21,25,27H,8,11-15H2,(H,26,30). The van der Waals surface area contributed by atoms with E-state index in [4.69, 9.17) is 0 Å². The molecule has 0 radical (unpaired) electrons. The van der Waals surface area contributed by atoms with Gasteiger partial charge in [0.1, 0.15) is 0 Å². The smallest absolute Gasteiger partial charge is 0.317 e. The average Bonchev–Trinajstić information content (AvgIpc) is 3.24. The molecule has 30 heavy (non-hydrogen) atoms. The molecule has 7 nitrogen and oxygen atoms in total. The van der Waals surface area contributed by atoms with Crippen LogP contribution in [-0.4, -0.2) is 59.9 Å². The number of hydrazone groups is 1. The van der Waals surface area contributed by atoms with Gasteiger partial charge in [-0.05, 0) is 36.5 Å². The van der Waals surface area contributed by atoms with Crippen molar-refractivity contribution in [3.8, 4) is 0 Å². The summed E-state index contributed by atoms with van der Waals surface area (Å²) in [5.41, 5.74) is 6.71. The number of benzene rings is 1. The van der Waals surface area contributed by atoms with E-state index >= 15 is 0 Å². The van der Waals surface area contributed by atoms with Crippen molar-refractivity contribution in [1.29, 1.82) is 0 Å². The molecule has 3 aliphatic heterocycles. The highest BCUT2D eigenvalue weighted by atomic mass is 16.2. The van der Waals surface area contributed by atoms with Crippen molar-refractivity contribution >= 4 is 11.7 Å². The van der Waals surface area contributed by atoms with Gasteiger partial charge in [-0.25, -0.2) is 4.79 Å². The second kappa shape index (κ2) is 8.44. The lowest BCUT2D eigenvalue weighted by molar-refractivity contribution is 0.162. The number of piperidine rings is 2. The molecule has 2 amide bonds. The summed E-state index contributed by atoms with van der Waals surface area (Å²) in [6.07, 6.45) is 5.45. The number of aromatic nitrogens is 1. The van der Waals surface area contributed by atoms with Crippen LogP contribution in [0.25, 0.3) is 0 Å². The van der Waals surface area contributed by atoms with Gasteiger partial charge in [0.15, 0.2) is 0 Å². The Kier molecular flexibility index (Phi) is 5.36. The fraction of sp³-hybridized carbons (Fsp3) is 0.435. The largest absolute Gasteiger partial charge is 0.334 e. The summed E-state index contributed by atoms with van der Waals surface area (Å²) >= 11 is 0. The predicted molar refractivity (Wildman–Crippen MR) is 116 cm³/mol. The van der Waals surface area contributed by atoms with E-state index in [1.807, 2.05) is 23.1 Å². The number of nitrogens with one attached hydrogen (secondary N) is 3. The summed E-state index contributed by atoms with van der Waals surface area (Å²) in [5.74, 6) is 0.647. The molecule has 5 rings (SSSR count). The lowest BCUT2D eigenvalue weighted by Gasteiger charge is -2.37. The van der Waals surface area contributed by atoms with Crippen LogP contribution in [0.15, 0.2) is 60.0 Å². The molecule has 7 heteroatoms. The fourth-order valence-electron chi connectivity index (χ4n) is 4.90. The summed E-state index contributed by atoms with van der Waals surface area (Å²) in [4.78, 5) is 19.1. The minimum absolute atomic E-state index is 0.0370. The van der Waals surface area contributed by atoms with Gasteiger partial charge in [0.25, 0.3) is 0 Å². The van der Waals surface area contributed by atoms with Crippen LogP contribution < -0.4 is 16.1 Å². The molecule has 2 saturated heterocycles. The van der Waals surface area contributed by atoms with E-state index in [0.717, 1.165) is 43.8 Å². The maximum absolute atomic E-state index is 13.1. The first-order chi connectivity index (χ1) is 14.8. The van der Waals surface area contributed by atoms with Gasteiger partial charge in [0.2, 0.25) is 0 Å². The van der Waals surface area contributed by atoms with E-state index in [1.165, 1.54) is 5.56 Å². The summed E-state index contributed by atoms with van der Waals surface area (Å²) in [5, 5.41) is 11.3. The van der Waals surface area contributed by atoms with Crippen LogP contribution in [-0.2, 0) is 0 Å². The van der Waals surface area contributed by atoms with Gasteiger partial charge in [-0.2, -0.15) is 5.10 Å². The van der Waals surface area contributed by atoms with Crippen molar-refractivity contribution in [3.63, 3.8) is 0 Å². The fourth-order valence-corrected chi connectivity index (χ4v) is 4.90. The molecule has 4 heterocycles. The molecule has 156 valence electrons. The van der Waals surface area contributed by atoms with Crippen LogP contribution >= 0.6 is 0 Å². The Morgan fingerprint density at radius 2 is 1.93 bits per heavy atom. The van der Waals surface area contributed by atoms with Crippen molar-refractivity contribution in [2.45, 2.75) is 30.8 Å². The van der Waals surface area contributed by atoms with Crippen LogP contribution in [0.1, 0.15) is 29.9 Å². The molecule has 0 bridgehead atoms. The Hall–Kier alpha value is -2.93. The number of rotatable bonds is 3. The molecule has 4 atom stereocenters. The van der Waals surface area contributed by atoms with E-state index in [1.54, 1.807) is 12.4 Å². The summed E-state index contributed by atoms with van der Waals surface area (Å²) in [7, 11) is 0. The molecule has 0 spiro atoms. The van der Waals surface area contributed by atoms with Gasteiger partial charge in [0, 0.05) is 56.1 Å². The molecule has 0 aliphatic carbocycles. The number of urea groups is 1. The molecular formula is C23H28N6O. The molecule has 2 aromatic rings. The quantitative estimate of drug-likeness (QED) is 0.730. The molecule has 0 saturated carbocycles. The van der Waals surface area contributed by atoms with Gasteiger partial charge >= 0.3 is 6.03 Å². The SMILES string of the molecule is O=C(NC1CNCC(c2ccccc2)C1)N1CCC2NN=C(c3ccncc3)C2C1. The van der Waals surface area contributed by atoms with E-state index < -0.39 is 0 Å². The number of likely N-dealkylation sites (tertiary alicyclic amines) is 1. The highest BCUT2D eigenvalue weighted by Gasteiger charge is 2.39. The molecule has 4 unspecified atom stereocenters. The van der Waals surface area contributed by atoms with Gasteiger partial charge in [0.05, 0.1) is 11.8 Å². The second-order valence-corrected chi connectivity index (χ2v) is 8.46. The maximum atomic E-state index is 13.1. The average molecular weight is 405 g/mol. The molecule has 1 aromatic carbocycles. The Balaban J connectivity index is 1.21. The van der Waals surface area contributed by atoms with E-state index in [9.17, 15) is 4.79 Å². The maximum Gasteiger partial charge on any atom is 0.317 e. The lowest BCUT2D eigenvalue weighted by atomic mass is 9.87. The summed E-state index contributed by atoms with van der Waals surface area (Å²) in [6, 6.07) is 15.0. The molecule has 1 aromatic heterocycles.